The van der Waals surface area contributed by atoms with Crippen molar-refractivity contribution in [2.45, 2.75) is 6.92 Å². The molecule has 1 aliphatic rings. The van der Waals surface area contributed by atoms with Crippen molar-refractivity contribution >= 4 is 45.8 Å². The molecule has 2 aromatic heterocycles. The second-order valence-electron chi connectivity index (χ2n) is 6.70. The monoisotopic (exact) mass is 418 g/mol. The third-order valence-corrected chi connectivity index (χ3v) is 5.47. The SMILES string of the molecule is Cc1cc(C(=O)NCCN2C(=O)SC(=Cc3cccnc3)C2=O)c2ccccc2n1. The van der Waals surface area contributed by atoms with Gasteiger partial charge in [-0.15, -0.1) is 0 Å². The molecular formula is C22H18N4O3S. The molecule has 30 heavy (non-hydrogen) atoms. The Bertz CT molecular complexity index is 1180. The average molecular weight is 418 g/mol. The minimum Gasteiger partial charge on any atom is -0.350 e. The molecule has 0 aliphatic carbocycles. The fourth-order valence-corrected chi connectivity index (χ4v) is 4.04. The number of rotatable bonds is 5. The largest absolute Gasteiger partial charge is 0.350 e. The lowest BCUT2D eigenvalue weighted by Gasteiger charge is -2.14. The Morgan fingerprint density at radius 1 is 1.20 bits per heavy atom. The number of aryl methyl sites for hydroxylation is 1. The molecule has 1 saturated heterocycles. The summed E-state index contributed by atoms with van der Waals surface area (Å²) >= 11 is 0.885. The second kappa shape index (κ2) is 8.46. The van der Waals surface area contributed by atoms with E-state index >= 15 is 0 Å². The molecule has 0 saturated carbocycles. The van der Waals surface area contributed by atoms with Crippen molar-refractivity contribution in [3.05, 3.63) is 76.6 Å². The van der Waals surface area contributed by atoms with Crippen LogP contribution in [-0.2, 0) is 4.79 Å². The van der Waals surface area contributed by atoms with Crippen molar-refractivity contribution in [3.8, 4) is 0 Å². The Labute approximate surface area is 177 Å². The Morgan fingerprint density at radius 3 is 2.83 bits per heavy atom. The molecule has 3 heterocycles. The zero-order chi connectivity index (χ0) is 21.1. The van der Waals surface area contributed by atoms with Gasteiger partial charge in [0, 0.05) is 36.6 Å². The van der Waals surface area contributed by atoms with Gasteiger partial charge in [0.2, 0.25) is 0 Å². The molecule has 150 valence electrons. The molecule has 0 spiro atoms. The Hall–Kier alpha value is -3.52. The van der Waals surface area contributed by atoms with Gasteiger partial charge in [-0.05, 0) is 48.5 Å². The number of pyridine rings is 2. The number of para-hydroxylation sites is 1. The van der Waals surface area contributed by atoms with Crippen molar-refractivity contribution in [2.24, 2.45) is 0 Å². The smallest absolute Gasteiger partial charge is 0.293 e. The highest BCUT2D eigenvalue weighted by molar-refractivity contribution is 8.18. The Balaban J connectivity index is 1.42. The Morgan fingerprint density at radius 2 is 2.03 bits per heavy atom. The number of hydrogen-bond acceptors (Lipinski definition) is 6. The van der Waals surface area contributed by atoms with Crippen molar-refractivity contribution in [1.29, 1.82) is 0 Å². The molecule has 0 bridgehead atoms. The molecule has 1 N–H and O–H groups in total. The van der Waals surface area contributed by atoms with Crippen molar-refractivity contribution in [2.75, 3.05) is 13.1 Å². The second-order valence-corrected chi connectivity index (χ2v) is 7.70. The molecule has 1 fully saturated rings. The van der Waals surface area contributed by atoms with Crippen LogP contribution in [0.2, 0.25) is 0 Å². The van der Waals surface area contributed by atoms with E-state index in [1.54, 1.807) is 30.6 Å². The first-order valence-corrected chi connectivity index (χ1v) is 10.1. The van der Waals surface area contributed by atoms with Crippen LogP contribution in [0.3, 0.4) is 0 Å². The maximum Gasteiger partial charge on any atom is 0.293 e. The van der Waals surface area contributed by atoms with Crippen LogP contribution in [0.5, 0.6) is 0 Å². The number of nitrogens with zero attached hydrogens (tertiary/aromatic N) is 3. The molecule has 0 unspecified atom stereocenters. The van der Waals surface area contributed by atoms with Crippen LogP contribution in [0.25, 0.3) is 17.0 Å². The number of imide groups is 1. The first-order chi connectivity index (χ1) is 14.5. The first-order valence-electron chi connectivity index (χ1n) is 9.33. The highest BCUT2D eigenvalue weighted by Crippen LogP contribution is 2.31. The molecule has 0 radical (unpaired) electrons. The van der Waals surface area contributed by atoms with Crippen LogP contribution in [-0.4, -0.2) is 45.0 Å². The van der Waals surface area contributed by atoms with Crippen LogP contribution >= 0.6 is 11.8 Å². The number of benzene rings is 1. The normalized spacial score (nSPS) is 15.2. The number of hydrogen-bond donors (Lipinski definition) is 1. The van der Waals surface area contributed by atoms with Gasteiger partial charge in [-0.25, -0.2) is 0 Å². The van der Waals surface area contributed by atoms with E-state index in [9.17, 15) is 14.4 Å². The number of nitrogens with one attached hydrogen (secondary N) is 1. The van der Waals surface area contributed by atoms with Gasteiger partial charge in [0.15, 0.2) is 0 Å². The van der Waals surface area contributed by atoms with E-state index in [1.807, 2.05) is 37.3 Å². The standard InChI is InChI=1S/C22H18N4O3S/c1-14-11-17(16-6-2-3-7-18(16)25-14)20(27)24-9-10-26-21(28)19(30-22(26)29)12-15-5-4-8-23-13-15/h2-8,11-13H,9-10H2,1H3,(H,24,27). The van der Waals surface area contributed by atoms with Crippen molar-refractivity contribution in [1.82, 2.24) is 20.2 Å². The molecule has 3 amide bonds. The summed E-state index contributed by atoms with van der Waals surface area (Å²) in [4.78, 5) is 47.4. The minimum absolute atomic E-state index is 0.1000. The molecule has 7 nitrogen and oxygen atoms in total. The fourth-order valence-electron chi connectivity index (χ4n) is 3.18. The number of aromatic nitrogens is 2. The van der Waals surface area contributed by atoms with E-state index in [0.29, 0.717) is 10.5 Å². The summed E-state index contributed by atoms with van der Waals surface area (Å²) in [5.74, 6) is -0.636. The predicted octanol–water partition coefficient (Wildman–Crippen LogP) is 3.40. The van der Waals surface area contributed by atoms with Gasteiger partial charge in [-0.1, -0.05) is 24.3 Å². The van der Waals surface area contributed by atoms with Crippen LogP contribution in [0.1, 0.15) is 21.6 Å². The molecule has 0 atom stereocenters. The van der Waals surface area contributed by atoms with E-state index in [2.05, 4.69) is 15.3 Å². The first kappa shape index (κ1) is 19.8. The maximum atomic E-state index is 12.7. The topological polar surface area (TPSA) is 92.3 Å². The van der Waals surface area contributed by atoms with Crippen LogP contribution in [0.4, 0.5) is 4.79 Å². The molecule has 1 aliphatic heterocycles. The number of fused-ring (bicyclic) bond motifs is 1. The van der Waals surface area contributed by atoms with Crippen molar-refractivity contribution in [3.63, 3.8) is 0 Å². The van der Waals surface area contributed by atoms with Crippen LogP contribution < -0.4 is 5.32 Å². The molecule has 1 aromatic carbocycles. The lowest BCUT2D eigenvalue weighted by Crippen LogP contribution is -2.37. The summed E-state index contributed by atoms with van der Waals surface area (Å²) in [5.41, 5.74) is 2.75. The molecule has 3 aromatic rings. The van der Waals surface area contributed by atoms with Gasteiger partial charge in [0.05, 0.1) is 16.0 Å². The zero-order valence-electron chi connectivity index (χ0n) is 16.2. The van der Waals surface area contributed by atoms with E-state index < -0.39 is 0 Å². The third kappa shape index (κ3) is 4.08. The van der Waals surface area contributed by atoms with Crippen molar-refractivity contribution < 1.29 is 14.4 Å². The quantitative estimate of drug-likeness (QED) is 0.639. The average Bonchev–Trinajstić information content (AvgIpc) is 3.01. The zero-order valence-corrected chi connectivity index (χ0v) is 17.0. The summed E-state index contributed by atoms with van der Waals surface area (Å²) in [6.07, 6.45) is 4.90. The number of amides is 3. The van der Waals surface area contributed by atoms with Crippen LogP contribution in [0.15, 0.2) is 59.8 Å². The maximum absolute atomic E-state index is 12.7. The minimum atomic E-state index is -0.367. The lowest BCUT2D eigenvalue weighted by atomic mass is 10.1. The van der Waals surface area contributed by atoms with Gasteiger partial charge in [-0.2, -0.15) is 0 Å². The van der Waals surface area contributed by atoms with E-state index in [-0.39, 0.29) is 30.1 Å². The van der Waals surface area contributed by atoms with E-state index in [4.69, 9.17) is 0 Å². The lowest BCUT2D eigenvalue weighted by molar-refractivity contribution is -0.122. The molecule has 4 rings (SSSR count). The third-order valence-electron chi connectivity index (χ3n) is 4.57. The summed E-state index contributed by atoms with van der Waals surface area (Å²) in [5, 5.41) is 3.20. The molecular weight excluding hydrogens is 400 g/mol. The van der Waals surface area contributed by atoms with Gasteiger partial charge in [-0.3, -0.25) is 29.3 Å². The van der Waals surface area contributed by atoms with Gasteiger partial charge >= 0.3 is 0 Å². The fraction of sp³-hybridized carbons (Fsp3) is 0.136. The van der Waals surface area contributed by atoms with Gasteiger partial charge < -0.3 is 5.32 Å². The summed E-state index contributed by atoms with van der Waals surface area (Å²) in [7, 11) is 0. The highest BCUT2D eigenvalue weighted by atomic mass is 32.2. The highest BCUT2D eigenvalue weighted by Gasteiger charge is 2.34. The number of carbonyl (C=O) groups is 3. The number of carbonyl (C=O) groups excluding carboxylic acids is 3. The summed E-state index contributed by atoms with van der Waals surface area (Å²) in [6, 6.07) is 12.7. The summed E-state index contributed by atoms with van der Waals surface area (Å²) < 4.78 is 0. The predicted molar refractivity (Wildman–Crippen MR) is 116 cm³/mol. The van der Waals surface area contributed by atoms with Crippen LogP contribution in [0, 0.1) is 6.92 Å². The Kier molecular flexibility index (Phi) is 5.58. The van der Waals surface area contributed by atoms with Gasteiger partial charge in [0.25, 0.3) is 17.1 Å². The molecule has 8 heteroatoms. The van der Waals surface area contributed by atoms with E-state index in [1.165, 1.54) is 0 Å². The van der Waals surface area contributed by atoms with E-state index in [0.717, 1.165) is 38.8 Å². The summed E-state index contributed by atoms with van der Waals surface area (Å²) in [6.45, 7) is 2.09. The van der Waals surface area contributed by atoms with Gasteiger partial charge in [0.1, 0.15) is 0 Å². The number of thioether (sulfide) groups is 1.